The molecule has 3 heteroatoms. The number of aliphatic hydroxyl groups excluding tert-OH is 1. The topological polar surface area (TPSA) is 33.9 Å². The van der Waals surface area contributed by atoms with Gasteiger partial charge in [-0.25, -0.2) is 0 Å². The molecule has 1 aliphatic rings. The summed E-state index contributed by atoms with van der Waals surface area (Å²) in [4.78, 5) is 1.62. The van der Waals surface area contributed by atoms with E-state index in [-0.39, 0.29) is 5.92 Å². The summed E-state index contributed by atoms with van der Waals surface area (Å²) in [5.41, 5.74) is 2.20. The lowest BCUT2D eigenvalue weighted by Crippen LogP contribution is -3.13. The lowest BCUT2D eigenvalue weighted by Gasteiger charge is -2.30. The highest BCUT2D eigenvalue weighted by molar-refractivity contribution is 5.31. The Balaban J connectivity index is 1.76. The number of hydrogen-bond acceptors (Lipinski definition) is 2. The second-order valence-electron chi connectivity index (χ2n) is 7.39. The van der Waals surface area contributed by atoms with Crippen LogP contribution < -0.4 is 9.64 Å². The van der Waals surface area contributed by atoms with Gasteiger partial charge in [-0.3, -0.25) is 0 Å². The predicted octanol–water partition coefficient (Wildman–Crippen LogP) is 3.36. The van der Waals surface area contributed by atoms with Crippen LogP contribution in [0.4, 0.5) is 0 Å². The Kier molecular flexibility index (Phi) is 7.10. The molecule has 2 aromatic carbocycles. The van der Waals surface area contributed by atoms with Gasteiger partial charge in [0, 0.05) is 0 Å². The first-order valence-electron chi connectivity index (χ1n) is 10.1. The first-order chi connectivity index (χ1) is 12.8. The molecule has 1 saturated heterocycles. The quantitative estimate of drug-likeness (QED) is 0.762. The normalized spacial score (nSPS) is 17.6. The summed E-state index contributed by atoms with van der Waals surface area (Å²) >= 11 is 0. The van der Waals surface area contributed by atoms with Crippen molar-refractivity contribution in [1.82, 2.24) is 0 Å². The molecule has 140 valence electrons. The average Bonchev–Trinajstić information content (AvgIpc) is 2.72. The molecule has 0 spiro atoms. The monoisotopic (exact) mass is 354 g/mol. The van der Waals surface area contributed by atoms with E-state index in [9.17, 15) is 5.11 Å². The smallest absolute Gasteiger partial charge is 0.119 e. The summed E-state index contributed by atoms with van der Waals surface area (Å²) in [6.45, 7) is 6.26. The minimum atomic E-state index is -0.493. The molecule has 1 fully saturated rings. The molecule has 3 rings (SSSR count). The number of aliphatic hydroxyl groups is 1. The summed E-state index contributed by atoms with van der Waals surface area (Å²) in [5.74, 6) is 0.993. The van der Waals surface area contributed by atoms with Crippen LogP contribution in [0.5, 0.6) is 5.75 Å². The van der Waals surface area contributed by atoms with Crippen molar-refractivity contribution in [1.29, 1.82) is 0 Å². The highest BCUT2D eigenvalue weighted by Gasteiger charge is 2.28. The van der Waals surface area contributed by atoms with Crippen molar-refractivity contribution in [3.8, 4) is 5.75 Å². The second-order valence-corrected chi connectivity index (χ2v) is 7.39. The lowest BCUT2D eigenvalue weighted by molar-refractivity contribution is -0.906. The average molecular weight is 355 g/mol. The fourth-order valence-electron chi connectivity index (χ4n) is 3.89. The highest BCUT2D eigenvalue weighted by atomic mass is 16.5. The highest BCUT2D eigenvalue weighted by Crippen LogP contribution is 2.31. The first kappa shape index (κ1) is 18.9. The van der Waals surface area contributed by atoms with Gasteiger partial charge in [0.15, 0.2) is 0 Å². The number of benzene rings is 2. The van der Waals surface area contributed by atoms with Crippen LogP contribution in [0.2, 0.25) is 0 Å². The Hall–Kier alpha value is -1.84. The van der Waals surface area contributed by atoms with Crippen molar-refractivity contribution >= 4 is 0 Å². The van der Waals surface area contributed by atoms with Crippen LogP contribution >= 0.6 is 0 Å². The third-order valence-electron chi connectivity index (χ3n) is 5.37. The molecule has 1 heterocycles. The van der Waals surface area contributed by atoms with Gasteiger partial charge in [-0.1, -0.05) is 49.4 Å². The van der Waals surface area contributed by atoms with E-state index in [1.165, 1.54) is 37.9 Å². The Morgan fingerprint density at radius 2 is 1.62 bits per heavy atom. The van der Waals surface area contributed by atoms with E-state index in [1.54, 1.807) is 4.90 Å². The summed E-state index contributed by atoms with van der Waals surface area (Å²) in [6.07, 6.45) is 4.46. The maximum absolute atomic E-state index is 11.2. The number of rotatable bonds is 8. The number of piperidine rings is 1. The molecule has 0 radical (unpaired) electrons. The van der Waals surface area contributed by atoms with Gasteiger partial charge >= 0.3 is 0 Å². The van der Waals surface area contributed by atoms with Crippen molar-refractivity contribution in [2.24, 2.45) is 0 Å². The van der Waals surface area contributed by atoms with Crippen LogP contribution in [0.15, 0.2) is 54.6 Å². The van der Waals surface area contributed by atoms with E-state index >= 15 is 0 Å². The predicted molar refractivity (Wildman–Crippen MR) is 106 cm³/mol. The molecule has 0 unspecified atom stereocenters. The zero-order chi connectivity index (χ0) is 18.2. The van der Waals surface area contributed by atoms with Gasteiger partial charge in [0.05, 0.1) is 38.3 Å². The molecule has 1 aliphatic heterocycles. The fourth-order valence-corrected chi connectivity index (χ4v) is 3.89. The van der Waals surface area contributed by atoms with E-state index in [0.29, 0.717) is 0 Å². The van der Waals surface area contributed by atoms with E-state index in [0.717, 1.165) is 30.9 Å². The Morgan fingerprint density at radius 3 is 2.27 bits per heavy atom. The molecule has 2 aromatic rings. The van der Waals surface area contributed by atoms with Gasteiger partial charge in [0.25, 0.3) is 0 Å². The van der Waals surface area contributed by atoms with Gasteiger partial charge in [0.2, 0.25) is 0 Å². The Morgan fingerprint density at radius 1 is 0.923 bits per heavy atom. The van der Waals surface area contributed by atoms with Crippen LogP contribution in [0, 0.1) is 0 Å². The van der Waals surface area contributed by atoms with Gasteiger partial charge in [0.1, 0.15) is 5.75 Å². The Labute approximate surface area is 157 Å². The van der Waals surface area contributed by atoms with E-state index in [1.807, 2.05) is 30.3 Å². The maximum atomic E-state index is 11.2. The second kappa shape index (κ2) is 9.75. The molecule has 0 aliphatic carbocycles. The zero-order valence-corrected chi connectivity index (χ0v) is 15.9. The minimum Gasteiger partial charge on any atom is -0.494 e. The van der Waals surface area contributed by atoms with Gasteiger partial charge in [-0.05, 0) is 48.9 Å². The lowest BCUT2D eigenvalue weighted by atomic mass is 9.88. The third kappa shape index (κ3) is 5.09. The molecule has 0 amide bonds. The number of nitrogens with one attached hydrogen (secondary N) is 1. The minimum absolute atomic E-state index is 0.117. The van der Waals surface area contributed by atoms with E-state index in [4.69, 9.17) is 4.74 Å². The molecule has 2 N–H and O–H groups in total. The molecule has 0 bridgehead atoms. The van der Waals surface area contributed by atoms with Crippen LogP contribution in [0.1, 0.15) is 55.8 Å². The zero-order valence-electron chi connectivity index (χ0n) is 15.9. The standard InChI is InChI=1S/C23H31NO2/c1-2-17-26-21-13-11-20(12-14-21)23(25)22(19-9-5-3-6-10-19)18-24-15-7-4-8-16-24/h3,5-6,9-14,22-23,25H,2,4,7-8,15-18H2,1H3/p+1/t22-,23-/m1/s1. The van der Waals surface area contributed by atoms with Crippen molar-refractivity contribution < 1.29 is 14.7 Å². The SMILES string of the molecule is CCCOc1ccc([C@@H](O)[C@H](C[NH+]2CCCCC2)c2ccccc2)cc1. The Bertz CT molecular complexity index is 635. The van der Waals surface area contributed by atoms with Crippen LogP contribution in [0.25, 0.3) is 0 Å². The number of ether oxygens (including phenoxy) is 1. The van der Waals surface area contributed by atoms with Gasteiger partial charge in [-0.2, -0.15) is 0 Å². The van der Waals surface area contributed by atoms with Gasteiger partial charge < -0.3 is 14.7 Å². The molecule has 26 heavy (non-hydrogen) atoms. The van der Waals surface area contributed by atoms with Crippen molar-refractivity contribution in [2.45, 2.75) is 44.6 Å². The molecular formula is C23H32NO2+. The summed E-state index contributed by atoms with van der Waals surface area (Å²) in [6, 6.07) is 18.5. The number of likely N-dealkylation sites (tertiary alicyclic amines) is 1. The van der Waals surface area contributed by atoms with Crippen LogP contribution in [-0.2, 0) is 0 Å². The first-order valence-corrected chi connectivity index (χ1v) is 10.1. The molecule has 0 aromatic heterocycles. The molecule has 0 saturated carbocycles. The summed E-state index contributed by atoms with van der Waals surface area (Å²) < 4.78 is 5.67. The van der Waals surface area contributed by atoms with Crippen LogP contribution in [0.3, 0.4) is 0 Å². The molecular weight excluding hydrogens is 322 g/mol. The van der Waals surface area contributed by atoms with Crippen molar-refractivity contribution in [2.75, 3.05) is 26.2 Å². The summed E-state index contributed by atoms with van der Waals surface area (Å²) in [7, 11) is 0. The van der Waals surface area contributed by atoms with Crippen LogP contribution in [-0.4, -0.2) is 31.3 Å². The number of hydrogen-bond donors (Lipinski definition) is 2. The molecule has 3 nitrogen and oxygen atoms in total. The van der Waals surface area contributed by atoms with E-state index in [2.05, 4.69) is 31.2 Å². The van der Waals surface area contributed by atoms with Gasteiger partial charge in [-0.15, -0.1) is 0 Å². The largest absolute Gasteiger partial charge is 0.494 e. The van der Waals surface area contributed by atoms with Crippen molar-refractivity contribution in [3.05, 3.63) is 65.7 Å². The summed E-state index contributed by atoms with van der Waals surface area (Å²) in [5, 5.41) is 11.2. The number of quaternary nitrogens is 1. The van der Waals surface area contributed by atoms with Crippen molar-refractivity contribution in [3.63, 3.8) is 0 Å². The molecule has 2 atom stereocenters. The maximum Gasteiger partial charge on any atom is 0.119 e. The fraction of sp³-hybridized carbons (Fsp3) is 0.478. The third-order valence-corrected chi connectivity index (χ3v) is 5.37. The van der Waals surface area contributed by atoms with E-state index < -0.39 is 6.10 Å².